The molecular weight excluding hydrogens is 194 g/mol. The molecule has 0 saturated carbocycles. The van der Waals surface area contributed by atoms with Crippen LogP contribution >= 0.6 is 0 Å². The molecule has 1 atom stereocenters. The third-order valence-corrected chi connectivity index (χ3v) is 2.27. The molecule has 0 aromatic carbocycles. The Hall–Kier alpha value is -0.650. The minimum Gasteiger partial charge on any atom is -0.480 e. The second kappa shape index (κ2) is 9.89. The molecule has 1 aliphatic heterocycles. The van der Waals surface area contributed by atoms with Crippen LogP contribution in [0.2, 0.25) is 0 Å². The summed E-state index contributed by atoms with van der Waals surface area (Å²) >= 11 is 0. The first-order valence-electron chi connectivity index (χ1n) is 5.58. The topological polar surface area (TPSA) is 101 Å². The van der Waals surface area contributed by atoms with Crippen LogP contribution in [0.3, 0.4) is 0 Å². The molecule has 0 spiro atoms. The number of unbranched alkanes of at least 4 members (excludes halogenated alkanes) is 2. The summed E-state index contributed by atoms with van der Waals surface area (Å²) in [7, 11) is 0. The van der Waals surface area contributed by atoms with Gasteiger partial charge in [0.05, 0.1) is 0 Å². The lowest BCUT2D eigenvalue weighted by Gasteiger charge is -1.99. The van der Waals surface area contributed by atoms with Crippen LogP contribution in [0.1, 0.15) is 32.1 Å². The van der Waals surface area contributed by atoms with Gasteiger partial charge >= 0.3 is 5.97 Å². The quantitative estimate of drug-likeness (QED) is 0.482. The molecule has 5 nitrogen and oxygen atoms in total. The van der Waals surface area contributed by atoms with Gasteiger partial charge in [-0.2, -0.15) is 0 Å². The van der Waals surface area contributed by atoms with Gasteiger partial charge in [0.1, 0.15) is 6.04 Å². The van der Waals surface area contributed by atoms with Gasteiger partial charge in [0.15, 0.2) is 0 Å². The fourth-order valence-electron chi connectivity index (χ4n) is 1.36. The monoisotopic (exact) mass is 217 g/mol. The van der Waals surface area contributed by atoms with E-state index in [1.54, 1.807) is 0 Å². The van der Waals surface area contributed by atoms with Crippen molar-refractivity contribution in [2.45, 2.75) is 38.1 Å². The van der Waals surface area contributed by atoms with Crippen LogP contribution in [0.15, 0.2) is 0 Å². The maximum atomic E-state index is 10.1. The highest BCUT2D eigenvalue weighted by Crippen LogP contribution is 2.03. The van der Waals surface area contributed by atoms with E-state index < -0.39 is 5.97 Å². The van der Waals surface area contributed by atoms with E-state index in [0.717, 1.165) is 45.3 Å². The van der Waals surface area contributed by atoms with Crippen LogP contribution in [0.4, 0.5) is 0 Å². The third kappa shape index (κ3) is 8.35. The SMILES string of the molecule is NCCCCCN.O=C(O)C1CCCN1. The predicted octanol–water partition coefficient (Wildman–Crippen LogP) is -0.103. The van der Waals surface area contributed by atoms with Crippen LogP contribution in [0.5, 0.6) is 0 Å². The van der Waals surface area contributed by atoms with Gasteiger partial charge < -0.3 is 21.9 Å². The molecule has 0 amide bonds. The van der Waals surface area contributed by atoms with Gasteiger partial charge in [-0.1, -0.05) is 6.42 Å². The minimum atomic E-state index is -0.720. The molecule has 90 valence electrons. The van der Waals surface area contributed by atoms with Crippen molar-refractivity contribution in [2.75, 3.05) is 19.6 Å². The van der Waals surface area contributed by atoms with Gasteiger partial charge in [-0.15, -0.1) is 0 Å². The lowest BCUT2D eigenvalue weighted by Crippen LogP contribution is -2.29. The molecule has 15 heavy (non-hydrogen) atoms. The molecule has 0 aromatic rings. The Balaban J connectivity index is 0.000000265. The molecule has 0 radical (unpaired) electrons. The van der Waals surface area contributed by atoms with Crippen LogP contribution in [-0.4, -0.2) is 36.8 Å². The number of rotatable bonds is 5. The summed E-state index contributed by atoms with van der Waals surface area (Å²) in [6, 6.07) is -0.269. The summed E-state index contributed by atoms with van der Waals surface area (Å²) in [5, 5.41) is 11.2. The number of nitrogens with two attached hydrogens (primary N) is 2. The molecule has 0 aromatic heterocycles. The van der Waals surface area contributed by atoms with Crippen molar-refractivity contribution in [3.63, 3.8) is 0 Å². The smallest absolute Gasteiger partial charge is 0.320 e. The number of carbonyl (C=O) groups is 1. The summed E-state index contributed by atoms with van der Waals surface area (Å²) in [5.74, 6) is -0.720. The van der Waals surface area contributed by atoms with Crippen molar-refractivity contribution in [2.24, 2.45) is 11.5 Å². The van der Waals surface area contributed by atoms with Crippen molar-refractivity contribution in [1.29, 1.82) is 0 Å². The first-order chi connectivity index (χ1) is 7.22. The van der Waals surface area contributed by atoms with E-state index in [-0.39, 0.29) is 6.04 Å². The van der Waals surface area contributed by atoms with Crippen molar-refractivity contribution in [3.05, 3.63) is 0 Å². The van der Waals surface area contributed by atoms with Crippen LogP contribution in [0, 0.1) is 0 Å². The van der Waals surface area contributed by atoms with Gasteiger partial charge in [-0.05, 0) is 45.3 Å². The lowest BCUT2D eigenvalue weighted by molar-refractivity contribution is -0.139. The molecular formula is C10H23N3O2. The summed E-state index contributed by atoms with van der Waals surface area (Å²) in [5.41, 5.74) is 10.5. The first kappa shape index (κ1) is 14.3. The van der Waals surface area contributed by atoms with Gasteiger partial charge in [0.25, 0.3) is 0 Å². The Morgan fingerprint density at radius 1 is 1.27 bits per heavy atom. The number of aliphatic carboxylic acids is 1. The highest BCUT2D eigenvalue weighted by Gasteiger charge is 2.20. The molecule has 1 unspecified atom stereocenters. The third-order valence-electron chi connectivity index (χ3n) is 2.27. The zero-order chi connectivity index (χ0) is 11.5. The maximum Gasteiger partial charge on any atom is 0.320 e. The second-order valence-corrected chi connectivity index (χ2v) is 3.63. The standard InChI is InChI=1S/C5H14N2.C5H9NO2/c6-4-2-1-3-5-7;7-5(8)4-2-1-3-6-4/h1-7H2;4,6H,1-3H2,(H,7,8). The van der Waals surface area contributed by atoms with Crippen LogP contribution in [0.25, 0.3) is 0 Å². The predicted molar refractivity (Wildman–Crippen MR) is 60.6 cm³/mol. The van der Waals surface area contributed by atoms with Gasteiger partial charge in [0.2, 0.25) is 0 Å². The maximum absolute atomic E-state index is 10.1. The van der Waals surface area contributed by atoms with E-state index >= 15 is 0 Å². The Morgan fingerprint density at radius 3 is 2.13 bits per heavy atom. The van der Waals surface area contributed by atoms with E-state index in [2.05, 4.69) is 5.32 Å². The number of nitrogens with one attached hydrogen (secondary N) is 1. The number of hydrogen-bond acceptors (Lipinski definition) is 4. The zero-order valence-electron chi connectivity index (χ0n) is 9.24. The normalized spacial score (nSPS) is 19.5. The average molecular weight is 217 g/mol. The van der Waals surface area contributed by atoms with Crippen molar-refractivity contribution >= 4 is 5.97 Å². The van der Waals surface area contributed by atoms with Crippen molar-refractivity contribution < 1.29 is 9.90 Å². The highest BCUT2D eigenvalue weighted by molar-refractivity contribution is 5.73. The van der Waals surface area contributed by atoms with E-state index in [1.165, 1.54) is 6.42 Å². The molecule has 6 N–H and O–H groups in total. The molecule has 1 fully saturated rings. The molecule has 1 saturated heterocycles. The molecule has 1 heterocycles. The Labute approximate surface area is 91.2 Å². The van der Waals surface area contributed by atoms with Gasteiger partial charge in [-0.3, -0.25) is 4.79 Å². The second-order valence-electron chi connectivity index (χ2n) is 3.63. The van der Waals surface area contributed by atoms with Crippen LogP contribution < -0.4 is 16.8 Å². The Morgan fingerprint density at radius 2 is 1.87 bits per heavy atom. The van der Waals surface area contributed by atoms with E-state index in [4.69, 9.17) is 16.6 Å². The lowest BCUT2D eigenvalue weighted by atomic mass is 10.2. The molecule has 5 heteroatoms. The van der Waals surface area contributed by atoms with Crippen molar-refractivity contribution in [1.82, 2.24) is 5.32 Å². The van der Waals surface area contributed by atoms with Crippen LogP contribution in [-0.2, 0) is 4.79 Å². The molecule has 0 bridgehead atoms. The Kier molecular flexibility index (Phi) is 9.46. The first-order valence-corrected chi connectivity index (χ1v) is 5.58. The number of carboxylic acids is 1. The summed E-state index contributed by atoms with van der Waals surface area (Å²) in [4.78, 5) is 10.1. The fraction of sp³-hybridized carbons (Fsp3) is 0.900. The summed E-state index contributed by atoms with van der Waals surface area (Å²) in [6.07, 6.45) is 5.22. The van der Waals surface area contributed by atoms with Gasteiger partial charge in [0, 0.05) is 0 Å². The average Bonchev–Trinajstić information content (AvgIpc) is 2.72. The van der Waals surface area contributed by atoms with E-state index in [0.29, 0.717) is 0 Å². The van der Waals surface area contributed by atoms with E-state index in [9.17, 15) is 4.79 Å². The van der Waals surface area contributed by atoms with Crippen molar-refractivity contribution in [3.8, 4) is 0 Å². The van der Waals surface area contributed by atoms with Gasteiger partial charge in [-0.25, -0.2) is 0 Å². The Bertz CT molecular complexity index is 155. The molecule has 0 aliphatic carbocycles. The largest absolute Gasteiger partial charge is 0.480 e. The minimum absolute atomic E-state index is 0.269. The molecule has 1 rings (SSSR count). The summed E-state index contributed by atoms with van der Waals surface area (Å²) < 4.78 is 0. The summed E-state index contributed by atoms with van der Waals surface area (Å²) in [6.45, 7) is 2.47. The van der Waals surface area contributed by atoms with E-state index in [1.807, 2.05) is 0 Å². The zero-order valence-corrected chi connectivity index (χ0v) is 9.24. The highest BCUT2D eigenvalue weighted by atomic mass is 16.4. The molecule has 1 aliphatic rings. The number of hydrogen-bond donors (Lipinski definition) is 4. The fourth-order valence-corrected chi connectivity index (χ4v) is 1.36. The number of carboxylic acid groups (broad SMARTS) is 1.